The number of benzene rings is 4. The van der Waals surface area contributed by atoms with Gasteiger partial charge >= 0.3 is 0 Å². The molecule has 0 fully saturated rings. The fourth-order valence-corrected chi connectivity index (χ4v) is 5.66. The zero-order valence-electron chi connectivity index (χ0n) is 25.7. The number of nitrogens with one attached hydrogen (secondary N) is 2. The van der Waals surface area contributed by atoms with Gasteiger partial charge in [-0.15, -0.1) is 0 Å². The van der Waals surface area contributed by atoms with E-state index < -0.39 is 16.1 Å². The van der Waals surface area contributed by atoms with Crippen molar-refractivity contribution in [2.75, 3.05) is 31.7 Å². The molecule has 2 atom stereocenters. The van der Waals surface area contributed by atoms with Crippen molar-refractivity contribution in [2.45, 2.75) is 44.4 Å². The van der Waals surface area contributed by atoms with Gasteiger partial charge in [0.15, 0.2) is 0 Å². The van der Waals surface area contributed by atoms with E-state index in [0.29, 0.717) is 31.0 Å². The molecule has 8 nitrogen and oxygen atoms in total. The molecule has 0 saturated heterocycles. The van der Waals surface area contributed by atoms with E-state index in [9.17, 15) is 13.5 Å². The highest BCUT2D eigenvalue weighted by Crippen LogP contribution is 2.32. The van der Waals surface area contributed by atoms with E-state index in [0.717, 1.165) is 35.3 Å². The smallest absolute Gasteiger partial charge is 0.229 e. The minimum atomic E-state index is -3.53. The minimum Gasteiger partial charge on any atom is -0.497 e. The summed E-state index contributed by atoms with van der Waals surface area (Å²) in [5.41, 5.74) is 4.45. The molecule has 0 aliphatic carbocycles. The summed E-state index contributed by atoms with van der Waals surface area (Å²) in [6.07, 6.45) is 1.57. The second-order valence-corrected chi connectivity index (χ2v) is 12.7. The molecule has 44 heavy (non-hydrogen) atoms. The van der Waals surface area contributed by atoms with Gasteiger partial charge in [-0.1, -0.05) is 60.7 Å². The molecule has 4 aromatic carbocycles. The summed E-state index contributed by atoms with van der Waals surface area (Å²) < 4.78 is 43.3. The van der Waals surface area contributed by atoms with E-state index in [1.54, 1.807) is 26.4 Å². The van der Waals surface area contributed by atoms with Gasteiger partial charge in [0.2, 0.25) is 10.0 Å². The van der Waals surface area contributed by atoms with Crippen molar-refractivity contribution >= 4 is 15.7 Å². The predicted octanol–water partition coefficient (Wildman–Crippen LogP) is 5.76. The second kappa shape index (κ2) is 15.6. The third kappa shape index (κ3) is 10.0. The normalized spacial score (nSPS) is 12.9. The lowest BCUT2D eigenvalue weighted by Crippen LogP contribution is -2.35. The molecule has 0 radical (unpaired) electrons. The number of aliphatic hydroxyl groups is 1. The van der Waals surface area contributed by atoms with Crippen molar-refractivity contribution in [3.63, 3.8) is 0 Å². The molecule has 0 aliphatic rings. The first-order valence-corrected chi connectivity index (χ1v) is 16.5. The maximum Gasteiger partial charge on any atom is 0.229 e. The number of hydrogen-bond donors (Lipinski definition) is 3. The van der Waals surface area contributed by atoms with Gasteiger partial charge in [-0.25, -0.2) is 8.42 Å². The Kier molecular flexibility index (Phi) is 11.7. The van der Waals surface area contributed by atoms with E-state index >= 15 is 0 Å². The Morgan fingerprint density at radius 1 is 0.795 bits per heavy atom. The van der Waals surface area contributed by atoms with Crippen LogP contribution < -0.4 is 24.2 Å². The Bertz CT molecular complexity index is 1510. The Hall–Kier alpha value is -4.05. The van der Waals surface area contributed by atoms with E-state index in [-0.39, 0.29) is 12.0 Å². The molecule has 0 saturated carbocycles. The van der Waals surface area contributed by atoms with Crippen LogP contribution in [0.25, 0.3) is 0 Å². The van der Waals surface area contributed by atoms with Crippen LogP contribution in [0.2, 0.25) is 0 Å². The van der Waals surface area contributed by atoms with Crippen molar-refractivity contribution in [1.82, 2.24) is 5.32 Å². The fraction of sp³-hybridized carbons (Fsp3) is 0.314. The fourth-order valence-electron chi connectivity index (χ4n) is 5.10. The lowest BCUT2D eigenvalue weighted by atomic mass is 9.86. The molecule has 9 heteroatoms. The highest BCUT2D eigenvalue weighted by molar-refractivity contribution is 7.92. The Balaban J connectivity index is 1.39. The molecule has 1 unspecified atom stereocenters. The first-order valence-electron chi connectivity index (χ1n) is 14.6. The van der Waals surface area contributed by atoms with Gasteiger partial charge in [0.05, 0.1) is 32.3 Å². The van der Waals surface area contributed by atoms with Crippen molar-refractivity contribution < 1.29 is 27.7 Å². The van der Waals surface area contributed by atoms with Gasteiger partial charge in [0.25, 0.3) is 0 Å². The first kappa shape index (κ1) is 32.9. The van der Waals surface area contributed by atoms with E-state index in [2.05, 4.69) is 41.2 Å². The van der Waals surface area contributed by atoms with Crippen molar-refractivity contribution in [3.8, 4) is 17.2 Å². The molecule has 0 bridgehead atoms. The molecule has 0 spiro atoms. The minimum absolute atomic E-state index is 0.0927. The van der Waals surface area contributed by atoms with Gasteiger partial charge in [-0.2, -0.15) is 0 Å². The van der Waals surface area contributed by atoms with Gasteiger partial charge in [0.1, 0.15) is 23.9 Å². The third-order valence-corrected chi connectivity index (χ3v) is 7.97. The van der Waals surface area contributed by atoms with Crippen LogP contribution in [0, 0.1) is 0 Å². The first-order chi connectivity index (χ1) is 21.1. The maximum atomic E-state index is 12.1. The standard InChI is InChI=1S/C35H42N2O6S/c1-25(20-33(28-11-15-31(41-2)16-12-28)29-13-17-32(42-3)18-14-29)36-23-30(38)21-27-10-19-35(34(22-27)37-44(4,39)40)43-24-26-8-6-5-7-9-26/h5-19,22,25,30,33,36-38H,20-21,23-24H2,1-4H3/t25?,30-/m1/s1. The van der Waals surface area contributed by atoms with Gasteiger partial charge < -0.3 is 24.6 Å². The van der Waals surface area contributed by atoms with Crippen LogP contribution in [-0.2, 0) is 23.1 Å². The quantitative estimate of drug-likeness (QED) is 0.147. The lowest BCUT2D eigenvalue weighted by molar-refractivity contribution is 0.167. The average Bonchev–Trinajstić information content (AvgIpc) is 3.02. The SMILES string of the molecule is COc1ccc(C(CC(C)NC[C@H](O)Cc2ccc(OCc3ccccc3)c(NS(C)(=O)=O)c2)c2ccc(OC)cc2)cc1. The molecular formula is C35H42N2O6S. The molecule has 4 rings (SSSR count). The maximum absolute atomic E-state index is 12.1. The van der Waals surface area contributed by atoms with Crippen LogP contribution in [0.1, 0.15) is 41.5 Å². The molecule has 0 amide bonds. The van der Waals surface area contributed by atoms with Crippen LogP contribution in [0.4, 0.5) is 5.69 Å². The zero-order valence-corrected chi connectivity index (χ0v) is 26.5. The van der Waals surface area contributed by atoms with Crippen LogP contribution in [0.5, 0.6) is 17.2 Å². The second-order valence-electron chi connectivity index (χ2n) is 11.0. The number of aliphatic hydroxyl groups excluding tert-OH is 1. The predicted molar refractivity (Wildman–Crippen MR) is 175 cm³/mol. The number of sulfonamides is 1. The van der Waals surface area contributed by atoms with Crippen LogP contribution in [0.3, 0.4) is 0 Å². The van der Waals surface area contributed by atoms with Crippen molar-refractivity contribution in [3.05, 3.63) is 119 Å². The molecule has 0 heterocycles. The topological polar surface area (TPSA) is 106 Å². The molecule has 0 aliphatic heterocycles. The lowest BCUT2D eigenvalue weighted by Gasteiger charge is -2.24. The van der Waals surface area contributed by atoms with Crippen LogP contribution in [0.15, 0.2) is 97.1 Å². The van der Waals surface area contributed by atoms with Crippen LogP contribution in [-0.4, -0.2) is 52.7 Å². The summed E-state index contributed by atoms with van der Waals surface area (Å²) in [7, 11) is -0.219. The summed E-state index contributed by atoms with van der Waals surface area (Å²) in [4.78, 5) is 0. The summed E-state index contributed by atoms with van der Waals surface area (Å²) in [5, 5.41) is 14.4. The van der Waals surface area contributed by atoms with Crippen molar-refractivity contribution in [2.24, 2.45) is 0 Å². The largest absolute Gasteiger partial charge is 0.497 e. The molecule has 0 aromatic heterocycles. The summed E-state index contributed by atoms with van der Waals surface area (Å²) in [6, 6.07) is 31.3. The summed E-state index contributed by atoms with van der Waals surface area (Å²) >= 11 is 0. The number of anilines is 1. The van der Waals surface area contributed by atoms with E-state index in [4.69, 9.17) is 14.2 Å². The zero-order chi connectivity index (χ0) is 31.5. The number of hydrogen-bond acceptors (Lipinski definition) is 7. The summed E-state index contributed by atoms with van der Waals surface area (Å²) in [5.74, 6) is 2.16. The van der Waals surface area contributed by atoms with Crippen LogP contribution >= 0.6 is 0 Å². The van der Waals surface area contributed by atoms with Crippen molar-refractivity contribution in [1.29, 1.82) is 0 Å². The average molecular weight is 619 g/mol. The Labute approximate surface area is 261 Å². The molecule has 4 aromatic rings. The number of rotatable bonds is 16. The number of ether oxygens (including phenoxy) is 3. The Morgan fingerprint density at radius 3 is 1.93 bits per heavy atom. The molecule has 3 N–H and O–H groups in total. The highest BCUT2D eigenvalue weighted by Gasteiger charge is 2.19. The highest BCUT2D eigenvalue weighted by atomic mass is 32.2. The van der Waals surface area contributed by atoms with Gasteiger partial charge in [-0.05, 0) is 78.4 Å². The Morgan fingerprint density at radius 2 is 1.39 bits per heavy atom. The third-order valence-electron chi connectivity index (χ3n) is 7.38. The van der Waals surface area contributed by atoms with Gasteiger partial charge in [-0.3, -0.25) is 4.72 Å². The molecular weight excluding hydrogens is 576 g/mol. The monoisotopic (exact) mass is 618 g/mol. The van der Waals surface area contributed by atoms with Gasteiger partial charge in [0, 0.05) is 18.5 Å². The summed E-state index contributed by atoms with van der Waals surface area (Å²) in [6.45, 7) is 2.79. The van der Waals surface area contributed by atoms with E-state index in [1.807, 2.05) is 60.7 Å². The van der Waals surface area contributed by atoms with E-state index in [1.165, 1.54) is 11.1 Å². The number of methoxy groups -OCH3 is 2. The molecule has 234 valence electrons.